The van der Waals surface area contributed by atoms with Crippen LogP contribution in [0.3, 0.4) is 0 Å². The molecule has 0 aliphatic carbocycles. The maximum Gasteiger partial charge on any atom is 0.410 e. The van der Waals surface area contributed by atoms with Crippen molar-refractivity contribution in [1.29, 1.82) is 0 Å². The molecule has 2 heterocycles. The van der Waals surface area contributed by atoms with Crippen molar-refractivity contribution in [3.05, 3.63) is 35.6 Å². The van der Waals surface area contributed by atoms with Crippen molar-refractivity contribution >= 4 is 6.09 Å². The van der Waals surface area contributed by atoms with E-state index in [1.807, 2.05) is 37.8 Å². The second-order valence-electron chi connectivity index (χ2n) is 8.81. The van der Waals surface area contributed by atoms with E-state index in [1.165, 1.54) is 6.07 Å². The fraction of sp³-hybridized carbons (Fsp3) is 0.682. The van der Waals surface area contributed by atoms with Gasteiger partial charge in [-0.25, -0.2) is 9.18 Å². The number of carbonyl (C=O) groups is 1. The number of halogens is 1. The first-order chi connectivity index (χ1) is 13.3. The van der Waals surface area contributed by atoms with Gasteiger partial charge in [0.05, 0.1) is 6.61 Å². The number of rotatable bonds is 5. The van der Waals surface area contributed by atoms with Crippen LogP contribution in [-0.2, 0) is 15.9 Å². The number of benzene rings is 1. The van der Waals surface area contributed by atoms with Gasteiger partial charge in [0.2, 0.25) is 0 Å². The molecule has 28 heavy (non-hydrogen) atoms. The lowest BCUT2D eigenvalue weighted by molar-refractivity contribution is -0.0164. The normalized spacial score (nSPS) is 25.7. The molecule has 2 aliphatic rings. The van der Waals surface area contributed by atoms with Crippen molar-refractivity contribution in [2.45, 2.75) is 64.1 Å². The fourth-order valence-corrected chi connectivity index (χ4v) is 4.27. The Kier molecular flexibility index (Phi) is 6.94. The summed E-state index contributed by atoms with van der Waals surface area (Å²) in [6.45, 7) is 8.49. The molecule has 0 spiro atoms. The maximum atomic E-state index is 13.8. The molecule has 3 rings (SSSR count). The van der Waals surface area contributed by atoms with Crippen LogP contribution in [0.2, 0.25) is 0 Å². The molecule has 1 aromatic rings. The Hall–Kier alpha value is -1.66. The summed E-state index contributed by atoms with van der Waals surface area (Å²) in [6, 6.07) is 7.30. The third kappa shape index (κ3) is 5.45. The van der Waals surface area contributed by atoms with Crippen LogP contribution in [0.5, 0.6) is 0 Å². The molecule has 0 bridgehead atoms. The lowest BCUT2D eigenvalue weighted by Gasteiger charge is -2.40. The van der Waals surface area contributed by atoms with Crippen LogP contribution >= 0.6 is 0 Å². The van der Waals surface area contributed by atoms with E-state index in [4.69, 9.17) is 9.47 Å². The Balaban J connectivity index is 1.60. The predicted octanol–water partition coefficient (Wildman–Crippen LogP) is 3.76. The van der Waals surface area contributed by atoms with E-state index in [2.05, 4.69) is 5.32 Å². The molecular formula is C22H33FN2O3. The minimum atomic E-state index is -0.495. The van der Waals surface area contributed by atoms with Crippen LogP contribution in [0.15, 0.2) is 24.3 Å². The Bertz CT molecular complexity index is 661. The summed E-state index contributed by atoms with van der Waals surface area (Å²) in [5.41, 5.74) is 0.236. The minimum Gasteiger partial charge on any atom is -0.444 e. The summed E-state index contributed by atoms with van der Waals surface area (Å²) in [7, 11) is 0. The molecule has 3 atom stereocenters. The van der Waals surface area contributed by atoms with Gasteiger partial charge in [-0.15, -0.1) is 0 Å². The lowest BCUT2D eigenvalue weighted by Crippen LogP contribution is -2.53. The second-order valence-corrected chi connectivity index (χ2v) is 8.81. The van der Waals surface area contributed by atoms with Crippen molar-refractivity contribution in [1.82, 2.24) is 10.2 Å². The zero-order valence-electron chi connectivity index (χ0n) is 17.2. The van der Waals surface area contributed by atoms with E-state index in [9.17, 15) is 9.18 Å². The van der Waals surface area contributed by atoms with Crippen molar-refractivity contribution in [2.75, 3.05) is 26.3 Å². The highest BCUT2D eigenvalue weighted by Gasteiger charge is 2.41. The minimum absolute atomic E-state index is 0.126. The molecule has 0 saturated carbocycles. The zero-order chi connectivity index (χ0) is 20.1. The van der Waals surface area contributed by atoms with Crippen LogP contribution in [0.4, 0.5) is 9.18 Å². The van der Waals surface area contributed by atoms with Crippen molar-refractivity contribution in [3.63, 3.8) is 0 Å². The van der Waals surface area contributed by atoms with Gasteiger partial charge in [0.1, 0.15) is 11.4 Å². The van der Waals surface area contributed by atoms with Gasteiger partial charge in [0.15, 0.2) is 0 Å². The van der Waals surface area contributed by atoms with Crippen molar-refractivity contribution in [2.24, 2.45) is 5.92 Å². The maximum absolute atomic E-state index is 13.8. The molecule has 0 unspecified atom stereocenters. The molecule has 2 saturated heterocycles. The largest absolute Gasteiger partial charge is 0.444 e. The number of amides is 1. The number of nitrogens with one attached hydrogen (secondary N) is 1. The molecular weight excluding hydrogens is 359 g/mol. The van der Waals surface area contributed by atoms with E-state index >= 15 is 0 Å². The lowest BCUT2D eigenvalue weighted by atomic mass is 9.87. The second kappa shape index (κ2) is 9.23. The number of nitrogens with zero attached hydrogens (tertiary/aromatic N) is 1. The first-order valence-corrected chi connectivity index (χ1v) is 10.4. The summed E-state index contributed by atoms with van der Waals surface area (Å²) < 4.78 is 25.2. The van der Waals surface area contributed by atoms with Crippen LogP contribution in [0, 0.1) is 11.7 Å². The molecule has 1 amide bonds. The standard InChI is InChI=1S/C22H33FN2O3/c1-22(2,3)28-21(26)25-13-6-9-20(25)17-15-27-14-11-19(17)24-12-10-16-7-4-5-8-18(16)23/h4-5,7-8,17,19-20,24H,6,9-15H2,1-3H3/t17-,19-,20+/m0/s1. The topological polar surface area (TPSA) is 50.8 Å². The Morgan fingerprint density at radius 2 is 2.11 bits per heavy atom. The third-order valence-electron chi connectivity index (χ3n) is 5.58. The van der Waals surface area contributed by atoms with Gasteiger partial charge in [-0.2, -0.15) is 0 Å². The number of ether oxygens (including phenoxy) is 2. The number of carbonyl (C=O) groups excluding carboxylic acids is 1. The first kappa shape index (κ1) is 21.1. The molecule has 1 N–H and O–H groups in total. The van der Waals surface area contributed by atoms with Crippen molar-refractivity contribution < 1.29 is 18.7 Å². The molecule has 6 heteroatoms. The molecule has 1 aromatic carbocycles. The number of likely N-dealkylation sites (tertiary alicyclic amines) is 1. The molecule has 0 radical (unpaired) electrons. The summed E-state index contributed by atoms with van der Waals surface area (Å²) in [5, 5.41) is 3.61. The van der Waals surface area contributed by atoms with Gasteiger partial charge < -0.3 is 19.7 Å². The quantitative estimate of drug-likeness (QED) is 0.829. The van der Waals surface area contributed by atoms with Gasteiger partial charge in [-0.3, -0.25) is 0 Å². The molecule has 5 nitrogen and oxygen atoms in total. The Morgan fingerprint density at radius 3 is 2.86 bits per heavy atom. The summed E-state index contributed by atoms with van der Waals surface area (Å²) in [6.07, 6.45) is 3.28. The average Bonchev–Trinajstić information content (AvgIpc) is 3.12. The fourth-order valence-electron chi connectivity index (χ4n) is 4.27. The van der Waals surface area contributed by atoms with Crippen LogP contribution in [0.1, 0.15) is 45.6 Å². The van der Waals surface area contributed by atoms with Gasteiger partial charge in [0.25, 0.3) is 0 Å². The van der Waals surface area contributed by atoms with E-state index in [1.54, 1.807) is 6.07 Å². The Morgan fingerprint density at radius 1 is 1.32 bits per heavy atom. The molecule has 0 aromatic heterocycles. The number of hydrogen-bond acceptors (Lipinski definition) is 4. The van der Waals surface area contributed by atoms with Gasteiger partial charge >= 0.3 is 6.09 Å². The van der Waals surface area contributed by atoms with Gasteiger partial charge in [0, 0.05) is 31.2 Å². The van der Waals surface area contributed by atoms with Gasteiger partial charge in [-0.05, 0) is 64.6 Å². The van der Waals surface area contributed by atoms with Gasteiger partial charge in [-0.1, -0.05) is 18.2 Å². The molecule has 2 aliphatic heterocycles. The summed E-state index contributed by atoms with van der Waals surface area (Å²) >= 11 is 0. The van der Waals surface area contributed by atoms with E-state index in [0.717, 1.165) is 31.4 Å². The monoisotopic (exact) mass is 392 g/mol. The highest BCUT2D eigenvalue weighted by Crippen LogP contribution is 2.31. The smallest absolute Gasteiger partial charge is 0.410 e. The molecule has 156 valence electrons. The Labute approximate surface area is 167 Å². The van der Waals surface area contributed by atoms with E-state index in [-0.39, 0.29) is 29.9 Å². The predicted molar refractivity (Wildman–Crippen MR) is 107 cm³/mol. The summed E-state index contributed by atoms with van der Waals surface area (Å²) in [5.74, 6) is 0.0732. The van der Waals surface area contributed by atoms with Crippen LogP contribution < -0.4 is 5.32 Å². The average molecular weight is 393 g/mol. The van der Waals surface area contributed by atoms with Crippen molar-refractivity contribution in [3.8, 4) is 0 Å². The summed E-state index contributed by atoms with van der Waals surface area (Å²) in [4.78, 5) is 14.5. The zero-order valence-corrected chi connectivity index (χ0v) is 17.2. The van der Waals surface area contributed by atoms with E-state index < -0.39 is 5.60 Å². The first-order valence-electron chi connectivity index (χ1n) is 10.4. The van der Waals surface area contributed by atoms with Crippen LogP contribution in [0.25, 0.3) is 0 Å². The highest BCUT2D eigenvalue weighted by molar-refractivity contribution is 5.69. The third-order valence-corrected chi connectivity index (χ3v) is 5.58. The number of hydrogen-bond donors (Lipinski definition) is 1. The van der Waals surface area contributed by atoms with Crippen LogP contribution in [-0.4, -0.2) is 55.0 Å². The highest BCUT2D eigenvalue weighted by atomic mass is 19.1. The molecule has 2 fully saturated rings. The van der Waals surface area contributed by atoms with E-state index in [0.29, 0.717) is 26.2 Å². The SMILES string of the molecule is CC(C)(C)OC(=O)N1CCC[C@@H]1[C@H]1COCC[C@@H]1NCCc1ccccc1F.